The Morgan fingerprint density at radius 1 is 1.29 bits per heavy atom. The standard InChI is InChI=1S/C14H25N3O4/c1-4-7-14(2,12(19)20)16-13(21)17-8-5-10(6-9-17)11(18)15-3/h10H,4-9H2,1-3H3,(H,15,18)(H,16,21)(H,19,20). The van der Waals surface area contributed by atoms with Gasteiger partial charge in [-0.1, -0.05) is 13.3 Å². The number of amides is 3. The van der Waals surface area contributed by atoms with E-state index in [4.69, 9.17) is 0 Å². The van der Waals surface area contributed by atoms with Gasteiger partial charge in [0.1, 0.15) is 5.54 Å². The third-order valence-electron chi connectivity index (χ3n) is 4.00. The van der Waals surface area contributed by atoms with Crippen molar-refractivity contribution in [1.82, 2.24) is 15.5 Å². The van der Waals surface area contributed by atoms with Crippen molar-refractivity contribution < 1.29 is 19.5 Å². The van der Waals surface area contributed by atoms with Crippen molar-refractivity contribution in [1.29, 1.82) is 0 Å². The Kier molecular flexibility index (Phi) is 5.99. The molecule has 1 rings (SSSR count). The van der Waals surface area contributed by atoms with Crippen molar-refractivity contribution in [3.8, 4) is 0 Å². The van der Waals surface area contributed by atoms with Gasteiger partial charge in [-0.2, -0.15) is 0 Å². The number of hydrogen-bond donors (Lipinski definition) is 3. The molecule has 1 saturated heterocycles. The number of piperidine rings is 1. The Hall–Kier alpha value is -1.79. The lowest BCUT2D eigenvalue weighted by atomic mass is 9.95. The maximum Gasteiger partial charge on any atom is 0.329 e. The molecule has 0 saturated carbocycles. The van der Waals surface area contributed by atoms with E-state index in [9.17, 15) is 19.5 Å². The van der Waals surface area contributed by atoms with E-state index in [0.717, 1.165) is 0 Å². The minimum absolute atomic E-state index is 0.00332. The number of nitrogens with zero attached hydrogens (tertiary/aromatic N) is 1. The van der Waals surface area contributed by atoms with Crippen LogP contribution in [0.4, 0.5) is 4.79 Å². The van der Waals surface area contributed by atoms with Crippen LogP contribution in [-0.4, -0.2) is 53.6 Å². The van der Waals surface area contributed by atoms with E-state index >= 15 is 0 Å². The highest BCUT2D eigenvalue weighted by molar-refractivity contribution is 5.86. The molecule has 1 fully saturated rings. The largest absolute Gasteiger partial charge is 0.480 e. The molecule has 1 heterocycles. The number of nitrogens with one attached hydrogen (secondary N) is 2. The van der Waals surface area contributed by atoms with Crippen LogP contribution in [0.15, 0.2) is 0 Å². The van der Waals surface area contributed by atoms with Crippen LogP contribution >= 0.6 is 0 Å². The van der Waals surface area contributed by atoms with E-state index in [-0.39, 0.29) is 17.9 Å². The molecule has 1 aliphatic rings. The third-order valence-corrected chi connectivity index (χ3v) is 4.00. The molecule has 21 heavy (non-hydrogen) atoms. The predicted octanol–water partition coefficient (Wildman–Crippen LogP) is 0.797. The maximum absolute atomic E-state index is 12.2. The number of carbonyl (C=O) groups is 3. The van der Waals surface area contributed by atoms with Crippen molar-refractivity contribution in [2.24, 2.45) is 5.92 Å². The van der Waals surface area contributed by atoms with Gasteiger partial charge in [-0.25, -0.2) is 9.59 Å². The average molecular weight is 299 g/mol. The molecule has 7 heteroatoms. The van der Waals surface area contributed by atoms with Crippen molar-refractivity contribution in [2.75, 3.05) is 20.1 Å². The van der Waals surface area contributed by atoms with Crippen molar-refractivity contribution in [2.45, 2.75) is 45.1 Å². The summed E-state index contributed by atoms with van der Waals surface area (Å²) in [6, 6.07) is -0.372. The Bertz CT molecular complexity index is 405. The monoisotopic (exact) mass is 299 g/mol. The van der Waals surface area contributed by atoms with Crippen LogP contribution in [0.25, 0.3) is 0 Å². The first-order chi connectivity index (χ1) is 9.84. The SMILES string of the molecule is CCCC(C)(NC(=O)N1CCC(C(=O)NC)CC1)C(=O)O. The molecular formula is C14H25N3O4. The summed E-state index contributed by atoms with van der Waals surface area (Å²) >= 11 is 0. The molecule has 3 N–H and O–H groups in total. The zero-order valence-corrected chi connectivity index (χ0v) is 12.9. The highest BCUT2D eigenvalue weighted by Crippen LogP contribution is 2.19. The first kappa shape index (κ1) is 17.3. The van der Waals surface area contributed by atoms with Gasteiger partial charge in [-0.15, -0.1) is 0 Å². The fourth-order valence-electron chi connectivity index (χ4n) is 2.59. The number of rotatable bonds is 5. The fraction of sp³-hybridized carbons (Fsp3) is 0.786. The summed E-state index contributed by atoms with van der Waals surface area (Å²) in [5, 5.41) is 14.5. The lowest BCUT2D eigenvalue weighted by Gasteiger charge is -2.34. The van der Waals surface area contributed by atoms with Gasteiger partial charge in [0, 0.05) is 26.1 Å². The molecule has 0 radical (unpaired) electrons. The lowest BCUT2D eigenvalue weighted by molar-refractivity contribution is -0.144. The van der Waals surface area contributed by atoms with Gasteiger partial charge in [0.15, 0.2) is 0 Å². The molecule has 0 aliphatic carbocycles. The molecule has 7 nitrogen and oxygen atoms in total. The van der Waals surface area contributed by atoms with Crippen LogP contribution in [0.5, 0.6) is 0 Å². The molecule has 1 atom stereocenters. The van der Waals surface area contributed by atoms with Crippen LogP contribution in [0.3, 0.4) is 0 Å². The number of carboxylic acids is 1. The van der Waals surface area contributed by atoms with Gasteiger partial charge >= 0.3 is 12.0 Å². The number of carboxylic acid groups (broad SMARTS) is 1. The van der Waals surface area contributed by atoms with Crippen molar-refractivity contribution in [3.05, 3.63) is 0 Å². The summed E-state index contributed by atoms with van der Waals surface area (Å²) in [6.07, 6.45) is 2.25. The second-order valence-corrected chi connectivity index (χ2v) is 5.69. The molecule has 0 aromatic heterocycles. The van der Waals surface area contributed by atoms with Crippen LogP contribution in [0, 0.1) is 5.92 Å². The van der Waals surface area contributed by atoms with Gasteiger partial charge in [-0.05, 0) is 26.2 Å². The van der Waals surface area contributed by atoms with E-state index in [1.807, 2.05) is 6.92 Å². The highest BCUT2D eigenvalue weighted by Gasteiger charge is 2.36. The van der Waals surface area contributed by atoms with Crippen LogP contribution in [0.2, 0.25) is 0 Å². The van der Waals surface area contributed by atoms with E-state index in [1.54, 1.807) is 11.9 Å². The van der Waals surface area contributed by atoms with E-state index in [0.29, 0.717) is 38.8 Å². The van der Waals surface area contributed by atoms with Gasteiger partial charge < -0.3 is 20.6 Å². The number of urea groups is 1. The van der Waals surface area contributed by atoms with Crippen LogP contribution in [0.1, 0.15) is 39.5 Å². The first-order valence-corrected chi connectivity index (χ1v) is 7.36. The minimum Gasteiger partial charge on any atom is -0.480 e. The Morgan fingerprint density at radius 3 is 2.29 bits per heavy atom. The number of carbonyl (C=O) groups excluding carboxylic acids is 2. The molecule has 3 amide bonds. The predicted molar refractivity (Wildman–Crippen MR) is 77.8 cm³/mol. The zero-order valence-electron chi connectivity index (χ0n) is 12.9. The van der Waals surface area contributed by atoms with E-state index in [2.05, 4.69) is 10.6 Å². The topological polar surface area (TPSA) is 98.7 Å². The molecule has 0 bridgehead atoms. The molecule has 1 aliphatic heterocycles. The summed E-state index contributed by atoms with van der Waals surface area (Å²) in [7, 11) is 1.60. The molecule has 0 spiro atoms. The molecular weight excluding hydrogens is 274 g/mol. The highest BCUT2D eigenvalue weighted by atomic mass is 16.4. The Morgan fingerprint density at radius 2 is 1.86 bits per heavy atom. The van der Waals surface area contributed by atoms with Gasteiger partial charge in [0.2, 0.25) is 5.91 Å². The third kappa shape index (κ3) is 4.34. The number of hydrogen-bond acceptors (Lipinski definition) is 3. The summed E-state index contributed by atoms with van der Waals surface area (Å²) in [6.45, 7) is 4.33. The number of likely N-dealkylation sites (tertiary alicyclic amines) is 1. The second-order valence-electron chi connectivity index (χ2n) is 5.69. The van der Waals surface area contributed by atoms with Crippen LogP contribution in [-0.2, 0) is 9.59 Å². The second kappa shape index (κ2) is 7.28. The normalized spacial score (nSPS) is 18.7. The summed E-state index contributed by atoms with van der Waals surface area (Å²) in [4.78, 5) is 36.6. The van der Waals surface area contributed by atoms with Gasteiger partial charge in [0.25, 0.3) is 0 Å². The number of aliphatic carboxylic acids is 1. The molecule has 0 aromatic carbocycles. The Labute approximate surface area is 125 Å². The summed E-state index contributed by atoms with van der Waals surface area (Å²) in [5.74, 6) is -1.10. The Balaban J connectivity index is 2.57. The molecule has 0 aromatic rings. The van der Waals surface area contributed by atoms with Gasteiger partial charge in [-0.3, -0.25) is 4.79 Å². The first-order valence-electron chi connectivity index (χ1n) is 7.36. The summed E-state index contributed by atoms with van der Waals surface area (Å²) in [5.41, 5.74) is -1.25. The maximum atomic E-state index is 12.2. The van der Waals surface area contributed by atoms with Gasteiger partial charge in [0.05, 0.1) is 0 Å². The molecule has 1 unspecified atom stereocenters. The fourth-order valence-corrected chi connectivity index (χ4v) is 2.59. The zero-order chi connectivity index (χ0) is 16.0. The smallest absolute Gasteiger partial charge is 0.329 e. The summed E-state index contributed by atoms with van der Waals surface area (Å²) < 4.78 is 0. The average Bonchev–Trinajstić information content (AvgIpc) is 2.46. The van der Waals surface area contributed by atoms with Crippen molar-refractivity contribution >= 4 is 17.9 Å². The van der Waals surface area contributed by atoms with Crippen LogP contribution < -0.4 is 10.6 Å². The molecule has 120 valence electrons. The lowest BCUT2D eigenvalue weighted by Crippen LogP contribution is -2.57. The van der Waals surface area contributed by atoms with E-state index < -0.39 is 11.5 Å². The van der Waals surface area contributed by atoms with E-state index in [1.165, 1.54) is 6.92 Å². The quantitative estimate of drug-likeness (QED) is 0.699. The van der Waals surface area contributed by atoms with Crippen molar-refractivity contribution in [3.63, 3.8) is 0 Å². The minimum atomic E-state index is -1.25.